The SMILES string of the molecule is CC[SH](c1ccc(C(=O)Nc2cc(C)cc(N3CCO[C@H](C)C3)n2)c(N2CCC3(CC2)CC3)c1)C1CC1. The zero-order chi connectivity index (χ0) is 25.6. The molecule has 2 aliphatic heterocycles. The first-order valence-electron chi connectivity index (χ1n) is 14.3. The van der Waals surface area contributed by atoms with Gasteiger partial charge in [-0.3, -0.25) is 4.79 Å². The van der Waals surface area contributed by atoms with Crippen LogP contribution in [0, 0.1) is 12.3 Å². The molecule has 2 saturated carbocycles. The Labute approximate surface area is 224 Å². The number of piperidine rings is 1. The van der Waals surface area contributed by atoms with Crippen LogP contribution in [0.4, 0.5) is 17.3 Å². The third-order valence-electron chi connectivity index (χ3n) is 8.77. The Kier molecular flexibility index (Phi) is 6.87. The Morgan fingerprint density at radius 1 is 1.11 bits per heavy atom. The van der Waals surface area contributed by atoms with Crippen molar-refractivity contribution < 1.29 is 9.53 Å². The van der Waals surface area contributed by atoms with Crippen molar-refractivity contribution in [2.45, 2.75) is 75.5 Å². The number of amides is 1. The third kappa shape index (κ3) is 5.49. The molecule has 0 radical (unpaired) electrons. The third-order valence-corrected chi connectivity index (χ3v) is 11.8. The van der Waals surface area contributed by atoms with Gasteiger partial charge in [-0.15, -0.1) is 0 Å². The van der Waals surface area contributed by atoms with Gasteiger partial charge in [-0.2, -0.15) is 0 Å². The summed E-state index contributed by atoms with van der Waals surface area (Å²) in [5.74, 6) is 2.70. The van der Waals surface area contributed by atoms with Gasteiger partial charge in [-0.25, -0.2) is 15.9 Å². The standard InChI is InChI=1S/C30H42N4O2S/c1-4-37(23-5-6-23)24-7-8-25(26(19-24)33-13-11-30(9-10-30)12-14-33)29(35)32-27-17-21(2)18-28(31-27)34-15-16-36-22(3)20-34/h7-8,17-19,22-23,37H,4-6,9-16,20H2,1-3H3,(H,31,32,35)/t22-/m1/s1. The molecule has 6 nitrogen and oxygen atoms in total. The second kappa shape index (κ2) is 10.1. The number of hydrogen-bond acceptors (Lipinski definition) is 5. The molecule has 3 heterocycles. The first kappa shape index (κ1) is 25.1. The molecule has 200 valence electrons. The van der Waals surface area contributed by atoms with E-state index in [0.29, 0.717) is 17.8 Å². The maximum Gasteiger partial charge on any atom is 0.258 e. The van der Waals surface area contributed by atoms with Gasteiger partial charge in [0.1, 0.15) is 11.6 Å². The molecule has 2 aromatic rings. The number of carbonyl (C=O) groups is 1. The number of pyridine rings is 1. The highest BCUT2D eigenvalue weighted by atomic mass is 32.2. The normalized spacial score (nSPS) is 24.2. The van der Waals surface area contributed by atoms with Gasteiger partial charge in [0, 0.05) is 26.2 Å². The minimum atomic E-state index is -0.131. The lowest BCUT2D eigenvalue weighted by molar-refractivity contribution is 0.0529. The number of benzene rings is 1. The van der Waals surface area contributed by atoms with Crippen LogP contribution in [-0.2, 0) is 4.74 Å². The number of aromatic nitrogens is 1. The molecule has 0 bridgehead atoms. The molecule has 1 aromatic carbocycles. The highest BCUT2D eigenvalue weighted by Crippen LogP contribution is 2.55. The second-order valence-corrected chi connectivity index (χ2v) is 14.5. The minimum Gasteiger partial charge on any atom is -0.375 e. The number of thiol groups is 1. The second-order valence-electron chi connectivity index (χ2n) is 11.7. The van der Waals surface area contributed by atoms with Crippen LogP contribution in [0.15, 0.2) is 35.2 Å². The number of anilines is 3. The smallest absolute Gasteiger partial charge is 0.258 e. The number of hydrogen-bond donors (Lipinski definition) is 2. The van der Waals surface area contributed by atoms with Crippen LogP contribution in [0.3, 0.4) is 0 Å². The first-order chi connectivity index (χ1) is 17.9. The van der Waals surface area contributed by atoms with Crippen LogP contribution in [-0.4, -0.2) is 60.8 Å². The van der Waals surface area contributed by atoms with E-state index >= 15 is 0 Å². The quantitative estimate of drug-likeness (QED) is 0.451. The lowest BCUT2D eigenvalue weighted by Crippen LogP contribution is -2.41. The molecular weight excluding hydrogens is 480 g/mol. The summed E-state index contributed by atoms with van der Waals surface area (Å²) >= 11 is 0. The van der Waals surface area contributed by atoms with E-state index in [1.165, 1.54) is 49.2 Å². The lowest BCUT2D eigenvalue weighted by atomic mass is 9.93. The summed E-state index contributed by atoms with van der Waals surface area (Å²) in [5.41, 5.74) is 3.61. The zero-order valence-corrected chi connectivity index (χ0v) is 23.5. The fourth-order valence-corrected chi connectivity index (χ4v) is 8.80. The van der Waals surface area contributed by atoms with E-state index in [-0.39, 0.29) is 22.9 Å². The number of nitrogens with zero attached hydrogens (tertiary/aromatic N) is 3. The fraction of sp³-hybridized carbons (Fsp3) is 0.600. The van der Waals surface area contributed by atoms with E-state index in [9.17, 15) is 4.79 Å². The summed E-state index contributed by atoms with van der Waals surface area (Å²) in [6.07, 6.45) is 8.20. The number of rotatable bonds is 7. The van der Waals surface area contributed by atoms with E-state index in [4.69, 9.17) is 9.72 Å². The summed E-state index contributed by atoms with van der Waals surface area (Å²) in [6, 6.07) is 10.8. The Hall–Kier alpha value is -2.25. The molecule has 1 unspecified atom stereocenters. The molecule has 1 N–H and O–H groups in total. The van der Waals surface area contributed by atoms with Gasteiger partial charge >= 0.3 is 0 Å². The molecule has 2 aliphatic carbocycles. The molecular formula is C30H42N4O2S. The van der Waals surface area contributed by atoms with Crippen LogP contribution in [0.25, 0.3) is 0 Å². The number of morpholine rings is 1. The van der Waals surface area contributed by atoms with Gasteiger partial charge in [0.15, 0.2) is 0 Å². The van der Waals surface area contributed by atoms with Gasteiger partial charge in [0.05, 0.1) is 24.0 Å². The molecule has 4 aliphatic rings. The Morgan fingerprint density at radius 3 is 2.57 bits per heavy atom. The Balaban J connectivity index is 1.27. The van der Waals surface area contributed by atoms with Gasteiger partial charge in [0.2, 0.25) is 0 Å². The minimum absolute atomic E-state index is 0.0556. The Bertz CT molecular complexity index is 1150. The molecule has 6 rings (SSSR count). The topological polar surface area (TPSA) is 57.7 Å². The molecule has 2 atom stereocenters. The average molecular weight is 523 g/mol. The van der Waals surface area contributed by atoms with E-state index in [1.807, 2.05) is 6.07 Å². The zero-order valence-electron chi connectivity index (χ0n) is 22.6. The van der Waals surface area contributed by atoms with Crippen LogP contribution in [0.2, 0.25) is 0 Å². The maximum atomic E-state index is 13.8. The van der Waals surface area contributed by atoms with Crippen molar-refractivity contribution in [1.82, 2.24) is 4.98 Å². The fourth-order valence-electron chi connectivity index (χ4n) is 6.17. The summed E-state index contributed by atoms with van der Waals surface area (Å²) in [7, 11) is -0.131. The number of ether oxygens (including phenoxy) is 1. The predicted molar refractivity (Wildman–Crippen MR) is 155 cm³/mol. The molecule has 1 spiro atoms. The van der Waals surface area contributed by atoms with Crippen LogP contribution in [0.1, 0.15) is 68.3 Å². The van der Waals surface area contributed by atoms with Crippen LogP contribution in [0.5, 0.6) is 0 Å². The maximum absolute atomic E-state index is 13.8. The molecule has 4 fully saturated rings. The van der Waals surface area contributed by atoms with Crippen LogP contribution >= 0.6 is 10.9 Å². The number of aryl methyl sites for hydroxylation is 1. The van der Waals surface area contributed by atoms with E-state index < -0.39 is 0 Å². The summed E-state index contributed by atoms with van der Waals surface area (Å²) in [6.45, 7) is 10.9. The van der Waals surface area contributed by atoms with Gasteiger partial charge in [-0.05, 0) is 110 Å². The van der Waals surface area contributed by atoms with Crippen molar-refractivity contribution in [3.63, 3.8) is 0 Å². The van der Waals surface area contributed by atoms with Crippen molar-refractivity contribution >= 4 is 34.1 Å². The number of carbonyl (C=O) groups excluding carboxylic acids is 1. The molecule has 1 aromatic heterocycles. The monoisotopic (exact) mass is 522 g/mol. The first-order valence-corrected chi connectivity index (χ1v) is 15.8. The van der Waals surface area contributed by atoms with E-state index in [1.54, 1.807) is 0 Å². The highest BCUT2D eigenvalue weighted by molar-refractivity contribution is 8.17. The van der Waals surface area contributed by atoms with E-state index in [0.717, 1.165) is 54.1 Å². The summed E-state index contributed by atoms with van der Waals surface area (Å²) in [5, 5.41) is 4.04. The Morgan fingerprint density at radius 2 is 1.89 bits per heavy atom. The predicted octanol–water partition coefficient (Wildman–Crippen LogP) is 5.79. The summed E-state index contributed by atoms with van der Waals surface area (Å²) < 4.78 is 5.71. The van der Waals surface area contributed by atoms with E-state index in [2.05, 4.69) is 60.2 Å². The van der Waals surface area contributed by atoms with Crippen molar-refractivity contribution in [1.29, 1.82) is 0 Å². The molecule has 1 amide bonds. The van der Waals surface area contributed by atoms with Crippen molar-refractivity contribution in [3.8, 4) is 0 Å². The largest absolute Gasteiger partial charge is 0.375 e. The van der Waals surface area contributed by atoms with Crippen molar-refractivity contribution in [2.24, 2.45) is 5.41 Å². The number of nitrogens with one attached hydrogen (secondary N) is 1. The molecule has 2 saturated heterocycles. The highest BCUT2D eigenvalue weighted by Gasteiger charge is 2.44. The van der Waals surface area contributed by atoms with Crippen LogP contribution < -0.4 is 15.1 Å². The lowest BCUT2D eigenvalue weighted by Gasteiger charge is -2.35. The summed E-state index contributed by atoms with van der Waals surface area (Å²) in [4.78, 5) is 24.8. The molecule has 7 heteroatoms. The van der Waals surface area contributed by atoms with Crippen molar-refractivity contribution in [2.75, 3.05) is 53.7 Å². The van der Waals surface area contributed by atoms with Gasteiger partial charge in [-0.1, -0.05) is 6.92 Å². The van der Waals surface area contributed by atoms with Gasteiger partial charge < -0.3 is 19.9 Å². The van der Waals surface area contributed by atoms with Crippen molar-refractivity contribution in [3.05, 3.63) is 41.5 Å². The molecule has 37 heavy (non-hydrogen) atoms. The average Bonchev–Trinajstić information content (AvgIpc) is 3.83. The van der Waals surface area contributed by atoms with Gasteiger partial charge in [0.25, 0.3) is 5.91 Å².